The Bertz CT molecular complexity index is 242. The van der Waals surface area contributed by atoms with Gasteiger partial charge >= 0.3 is 0 Å². The van der Waals surface area contributed by atoms with Gasteiger partial charge in [0, 0.05) is 19.1 Å². The van der Waals surface area contributed by atoms with Crippen molar-refractivity contribution in [1.29, 1.82) is 0 Å². The average Bonchev–Trinajstić information content (AvgIpc) is 2.33. The summed E-state index contributed by atoms with van der Waals surface area (Å²) in [6, 6.07) is 0.343. The molecule has 0 saturated carbocycles. The number of rotatable bonds is 5. The molecule has 3 atom stereocenters. The van der Waals surface area contributed by atoms with Gasteiger partial charge in [0.05, 0.1) is 6.10 Å². The van der Waals surface area contributed by atoms with E-state index in [-0.39, 0.29) is 18.1 Å². The molecule has 4 heteroatoms. The lowest BCUT2D eigenvalue weighted by Gasteiger charge is -2.33. The summed E-state index contributed by atoms with van der Waals surface area (Å²) in [7, 11) is 0. The number of ether oxygens (including phenoxy) is 1. The third kappa shape index (κ3) is 3.96. The topological polar surface area (TPSA) is 41.6 Å². The number of carbonyl (C=O) groups is 1. The van der Waals surface area contributed by atoms with Gasteiger partial charge in [-0.1, -0.05) is 0 Å². The number of nitrogens with one attached hydrogen (secondary N) is 1. The Morgan fingerprint density at radius 1 is 1.47 bits per heavy atom. The maximum absolute atomic E-state index is 12.1. The first kappa shape index (κ1) is 14.5. The molecule has 0 aromatic carbocycles. The van der Waals surface area contributed by atoms with E-state index in [1.54, 1.807) is 0 Å². The smallest absolute Gasteiger partial charge is 0.251 e. The largest absolute Gasteiger partial charge is 0.364 e. The van der Waals surface area contributed by atoms with Crippen molar-refractivity contribution < 1.29 is 9.53 Å². The molecule has 100 valence electrons. The summed E-state index contributed by atoms with van der Waals surface area (Å²) < 4.78 is 5.90. The molecule has 3 unspecified atom stereocenters. The van der Waals surface area contributed by atoms with Crippen molar-refractivity contribution in [2.45, 2.75) is 58.8 Å². The standard InChI is InChI=1S/C13H26N2O2/c1-5-15(6-2)13(16)11(4)17-12-8-7-9-14-10(12)3/h10-12,14H,5-9H2,1-4H3. The Kier molecular flexibility index (Phi) is 5.92. The number of hydrogen-bond acceptors (Lipinski definition) is 3. The van der Waals surface area contributed by atoms with Crippen LogP contribution in [-0.2, 0) is 9.53 Å². The van der Waals surface area contributed by atoms with Crippen LogP contribution in [0.25, 0.3) is 0 Å². The zero-order valence-corrected chi connectivity index (χ0v) is 11.5. The van der Waals surface area contributed by atoms with Crippen LogP contribution in [0.3, 0.4) is 0 Å². The lowest BCUT2D eigenvalue weighted by Crippen LogP contribution is -2.48. The highest BCUT2D eigenvalue weighted by Crippen LogP contribution is 2.15. The Hall–Kier alpha value is -0.610. The molecule has 1 amide bonds. The van der Waals surface area contributed by atoms with Gasteiger partial charge in [0.15, 0.2) is 0 Å². The fourth-order valence-corrected chi connectivity index (χ4v) is 2.31. The minimum atomic E-state index is -0.331. The number of piperidine rings is 1. The van der Waals surface area contributed by atoms with Crippen molar-refractivity contribution in [2.24, 2.45) is 0 Å². The molecule has 0 aromatic heterocycles. The summed E-state index contributed by atoms with van der Waals surface area (Å²) in [6.07, 6.45) is 2.01. The molecule has 1 aliphatic heterocycles. The second-order valence-electron chi connectivity index (χ2n) is 4.71. The second-order valence-corrected chi connectivity index (χ2v) is 4.71. The predicted molar refractivity (Wildman–Crippen MR) is 69.0 cm³/mol. The van der Waals surface area contributed by atoms with Crippen LogP contribution in [0.4, 0.5) is 0 Å². The molecule has 0 bridgehead atoms. The number of nitrogens with zero attached hydrogens (tertiary/aromatic N) is 1. The number of hydrogen-bond donors (Lipinski definition) is 1. The summed E-state index contributed by atoms with van der Waals surface area (Å²) in [5.74, 6) is 0.104. The van der Waals surface area contributed by atoms with Crippen molar-refractivity contribution in [1.82, 2.24) is 10.2 Å². The van der Waals surface area contributed by atoms with Crippen molar-refractivity contribution in [3.05, 3.63) is 0 Å². The number of amides is 1. The van der Waals surface area contributed by atoms with E-state index >= 15 is 0 Å². The lowest BCUT2D eigenvalue weighted by atomic mass is 10.0. The SMILES string of the molecule is CCN(CC)C(=O)C(C)OC1CCCNC1C. The molecule has 0 aromatic rings. The molecule has 0 spiro atoms. The molecule has 0 aliphatic carbocycles. The Balaban J connectivity index is 2.46. The molecule has 1 saturated heterocycles. The molecule has 1 fully saturated rings. The normalized spacial score (nSPS) is 26.6. The molecule has 17 heavy (non-hydrogen) atoms. The van der Waals surface area contributed by atoms with Crippen LogP contribution >= 0.6 is 0 Å². The fourth-order valence-electron chi connectivity index (χ4n) is 2.31. The quantitative estimate of drug-likeness (QED) is 0.792. The number of likely N-dealkylation sites (N-methyl/N-ethyl adjacent to an activating group) is 1. The molecule has 1 N–H and O–H groups in total. The van der Waals surface area contributed by atoms with Gasteiger partial charge in [-0.2, -0.15) is 0 Å². The van der Waals surface area contributed by atoms with Crippen molar-refractivity contribution in [2.75, 3.05) is 19.6 Å². The molecule has 0 radical (unpaired) electrons. The maximum atomic E-state index is 12.1. The van der Waals surface area contributed by atoms with E-state index in [4.69, 9.17) is 4.74 Å². The van der Waals surface area contributed by atoms with Crippen LogP contribution in [-0.4, -0.2) is 48.7 Å². The minimum absolute atomic E-state index is 0.104. The van der Waals surface area contributed by atoms with Gasteiger partial charge < -0.3 is 15.0 Å². The van der Waals surface area contributed by atoms with Crippen molar-refractivity contribution >= 4 is 5.91 Å². The van der Waals surface area contributed by atoms with Gasteiger partial charge in [-0.25, -0.2) is 0 Å². The monoisotopic (exact) mass is 242 g/mol. The van der Waals surface area contributed by atoms with Crippen LogP contribution in [0.5, 0.6) is 0 Å². The highest BCUT2D eigenvalue weighted by Gasteiger charge is 2.27. The fraction of sp³-hybridized carbons (Fsp3) is 0.923. The first-order valence-electron chi connectivity index (χ1n) is 6.77. The highest BCUT2D eigenvalue weighted by molar-refractivity contribution is 5.80. The van der Waals surface area contributed by atoms with Crippen LogP contribution in [0, 0.1) is 0 Å². The zero-order chi connectivity index (χ0) is 12.8. The average molecular weight is 242 g/mol. The summed E-state index contributed by atoms with van der Waals surface area (Å²) in [6.45, 7) is 10.5. The van der Waals surface area contributed by atoms with Gasteiger partial charge in [0.1, 0.15) is 6.10 Å². The third-order valence-electron chi connectivity index (χ3n) is 3.49. The van der Waals surface area contributed by atoms with E-state index in [1.807, 2.05) is 25.7 Å². The van der Waals surface area contributed by atoms with E-state index < -0.39 is 0 Å². The lowest BCUT2D eigenvalue weighted by molar-refractivity contribution is -0.147. The van der Waals surface area contributed by atoms with Crippen molar-refractivity contribution in [3.63, 3.8) is 0 Å². The van der Waals surface area contributed by atoms with Gasteiger partial charge in [0.25, 0.3) is 5.91 Å². The molecule has 1 rings (SSSR count). The summed E-state index contributed by atoms with van der Waals surface area (Å²) in [5, 5.41) is 3.38. The van der Waals surface area contributed by atoms with Gasteiger partial charge in [-0.15, -0.1) is 0 Å². The van der Waals surface area contributed by atoms with E-state index in [0.717, 1.165) is 32.5 Å². The van der Waals surface area contributed by atoms with Gasteiger partial charge in [0.2, 0.25) is 0 Å². The first-order chi connectivity index (χ1) is 8.10. The second kappa shape index (κ2) is 6.97. The van der Waals surface area contributed by atoms with E-state index in [0.29, 0.717) is 6.04 Å². The van der Waals surface area contributed by atoms with Crippen LogP contribution in [0.15, 0.2) is 0 Å². The van der Waals surface area contributed by atoms with Crippen LogP contribution in [0.2, 0.25) is 0 Å². The summed E-state index contributed by atoms with van der Waals surface area (Å²) in [5.41, 5.74) is 0. The molecule has 1 heterocycles. The minimum Gasteiger partial charge on any atom is -0.364 e. The van der Waals surface area contributed by atoms with Crippen LogP contribution in [0.1, 0.15) is 40.5 Å². The molecular formula is C13H26N2O2. The number of carbonyl (C=O) groups excluding carboxylic acids is 1. The molecular weight excluding hydrogens is 216 g/mol. The maximum Gasteiger partial charge on any atom is 0.251 e. The van der Waals surface area contributed by atoms with Gasteiger partial charge in [-0.3, -0.25) is 4.79 Å². The Morgan fingerprint density at radius 2 is 2.12 bits per heavy atom. The molecule has 4 nitrogen and oxygen atoms in total. The summed E-state index contributed by atoms with van der Waals surface area (Å²) >= 11 is 0. The summed E-state index contributed by atoms with van der Waals surface area (Å²) in [4.78, 5) is 13.9. The Morgan fingerprint density at radius 3 is 2.65 bits per heavy atom. The van der Waals surface area contributed by atoms with Crippen LogP contribution < -0.4 is 5.32 Å². The van der Waals surface area contributed by atoms with E-state index in [9.17, 15) is 4.79 Å². The van der Waals surface area contributed by atoms with E-state index in [1.165, 1.54) is 0 Å². The third-order valence-corrected chi connectivity index (χ3v) is 3.49. The zero-order valence-electron chi connectivity index (χ0n) is 11.5. The Labute approximate surface area is 105 Å². The van der Waals surface area contributed by atoms with Crippen molar-refractivity contribution in [3.8, 4) is 0 Å². The molecule has 1 aliphatic rings. The first-order valence-corrected chi connectivity index (χ1v) is 6.77. The predicted octanol–water partition coefficient (Wildman–Crippen LogP) is 1.40. The highest BCUT2D eigenvalue weighted by atomic mass is 16.5. The van der Waals surface area contributed by atoms with E-state index in [2.05, 4.69) is 12.2 Å². The van der Waals surface area contributed by atoms with Gasteiger partial charge in [-0.05, 0) is 47.1 Å².